The fourth-order valence-corrected chi connectivity index (χ4v) is 7.99. The lowest BCUT2D eigenvalue weighted by molar-refractivity contribution is 0.222. The molecule has 0 spiro atoms. The number of hydrogen-bond acceptors (Lipinski definition) is 3. The average molecular weight is 597 g/mol. The third kappa shape index (κ3) is 8.70. The molecule has 4 nitrogen and oxygen atoms in total. The molecule has 4 rings (SSSR count). The maximum atomic E-state index is 14.4. The van der Waals surface area contributed by atoms with Crippen LogP contribution >= 0.6 is 0 Å². The van der Waals surface area contributed by atoms with E-state index in [2.05, 4.69) is 31.0 Å². The van der Waals surface area contributed by atoms with Crippen LogP contribution in [0.3, 0.4) is 0 Å². The summed E-state index contributed by atoms with van der Waals surface area (Å²) in [6.07, 6.45) is 15.4. The molecule has 2 aliphatic carbocycles. The summed E-state index contributed by atoms with van der Waals surface area (Å²) in [5.74, 6) is -0.236. The lowest BCUT2D eigenvalue weighted by Gasteiger charge is -2.38. The predicted molar refractivity (Wildman–Crippen MR) is 169 cm³/mol. The molecule has 0 aromatic heterocycles. The summed E-state index contributed by atoms with van der Waals surface area (Å²) in [5.41, 5.74) is 3.83. The highest BCUT2D eigenvalue weighted by atomic mass is 32.2. The van der Waals surface area contributed by atoms with Crippen molar-refractivity contribution in [1.82, 2.24) is 4.31 Å². The molecule has 7 heteroatoms. The Hall–Kier alpha value is -2.64. The lowest BCUT2D eigenvalue weighted by atomic mass is 9.70. The van der Waals surface area contributed by atoms with Crippen molar-refractivity contribution >= 4 is 16.2 Å². The monoisotopic (exact) mass is 596 g/mol. The fourth-order valence-electron chi connectivity index (χ4n) is 6.39. The number of sulfonamides is 1. The van der Waals surface area contributed by atoms with Crippen molar-refractivity contribution in [1.29, 1.82) is 0 Å². The quantitative estimate of drug-likeness (QED) is 0.144. The molecule has 1 saturated carbocycles. The first kappa shape index (κ1) is 32.3. The van der Waals surface area contributed by atoms with Crippen LogP contribution in [0.1, 0.15) is 82.8 Å². The van der Waals surface area contributed by atoms with Gasteiger partial charge in [-0.3, -0.25) is 4.99 Å². The van der Waals surface area contributed by atoms with Crippen LogP contribution in [0.15, 0.2) is 76.8 Å². The second-order valence-electron chi connectivity index (χ2n) is 12.1. The standard InChI is InChI=1S/C35H46F2N2O2S/c1-3-4-5-6-7-10-23-42(40,41)39(22-21-30-11-8-9-12-34(30)37)27-32-18-17-31-16-13-29(24-35(31,32)2)26-38-25-28-14-19-33(36)20-15-28/h8-9,11-16,19-20,26,32H,3-7,10,17-18,21-25,27H2,1-2H3/b38-26-/t32-,35+/m1/s1. The Morgan fingerprint density at radius 3 is 2.50 bits per heavy atom. The first-order chi connectivity index (χ1) is 20.2. The molecule has 2 aromatic carbocycles. The Kier molecular flexibility index (Phi) is 11.7. The molecule has 2 aromatic rings. The molecule has 0 radical (unpaired) electrons. The zero-order valence-corrected chi connectivity index (χ0v) is 26.0. The first-order valence-corrected chi connectivity index (χ1v) is 17.2. The van der Waals surface area contributed by atoms with E-state index in [0.29, 0.717) is 31.5 Å². The molecule has 2 aliphatic rings. The van der Waals surface area contributed by atoms with Crippen LogP contribution in [0.25, 0.3) is 0 Å². The zero-order chi connectivity index (χ0) is 30.0. The van der Waals surface area contributed by atoms with E-state index in [1.807, 2.05) is 6.21 Å². The van der Waals surface area contributed by atoms with E-state index in [4.69, 9.17) is 0 Å². The highest BCUT2D eigenvalue weighted by Gasteiger charge is 2.45. The van der Waals surface area contributed by atoms with Crippen LogP contribution in [0, 0.1) is 23.0 Å². The van der Waals surface area contributed by atoms with Gasteiger partial charge in [0.05, 0.1) is 12.3 Å². The van der Waals surface area contributed by atoms with Gasteiger partial charge in [0.1, 0.15) is 11.6 Å². The van der Waals surface area contributed by atoms with Crippen molar-refractivity contribution in [3.8, 4) is 0 Å². The Labute approximate surface area is 251 Å². The van der Waals surface area contributed by atoms with Gasteiger partial charge in [-0.25, -0.2) is 21.5 Å². The van der Waals surface area contributed by atoms with Crippen LogP contribution < -0.4 is 0 Å². The number of fused-ring (bicyclic) bond motifs is 1. The molecule has 0 unspecified atom stereocenters. The van der Waals surface area contributed by atoms with Crippen LogP contribution in [0.4, 0.5) is 8.78 Å². The summed E-state index contributed by atoms with van der Waals surface area (Å²) in [5, 5.41) is 0. The number of rotatable bonds is 16. The molecule has 2 atom stereocenters. The number of unbranched alkanes of at least 4 members (excludes halogenated alkanes) is 5. The first-order valence-electron chi connectivity index (χ1n) is 15.6. The van der Waals surface area contributed by atoms with Crippen molar-refractivity contribution in [3.05, 3.63) is 94.6 Å². The van der Waals surface area contributed by atoms with Crippen molar-refractivity contribution < 1.29 is 17.2 Å². The highest BCUT2D eigenvalue weighted by Crippen LogP contribution is 2.53. The summed E-state index contributed by atoms with van der Waals surface area (Å²) in [6, 6.07) is 13.0. The van der Waals surface area contributed by atoms with Gasteiger partial charge in [0.25, 0.3) is 0 Å². The predicted octanol–water partition coefficient (Wildman–Crippen LogP) is 8.44. The summed E-state index contributed by atoms with van der Waals surface area (Å²) >= 11 is 0. The normalized spacial score (nSPS) is 20.6. The number of hydrogen-bond donors (Lipinski definition) is 0. The molecular formula is C35H46F2N2O2S. The molecular weight excluding hydrogens is 550 g/mol. The van der Waals surface area contributed by atoms with E-state index < -0.39 is 10.0 Å². The van der Waals surface area contributed by atoms with Gasteiger partial charge in [-0.1, -0.05) is 94.0 Å². The van der Waals surface area contributed by atoms with Crippen molar-refractivity contribution in [2.24, 2.45) is 16.3 Å². The molecule has 0 N–H and O–H groups in total. The van der Waals surface area contributed by atoms with E-state index in [-0.39, 0.29) is 35.3 Å². The van der Waals surface area contributed by atoms with Gasteiger partial charge in [-0.2, -0.15) is 0 Å². The number of aliphatic imine (C=N–C) groups is 1. The number of benzene rings is 2. The van der Waals surface area contributed by atoms with Crippen molar-refractivity contribution in [2.45, 2.75) is 84.6 Å². The zero-order valence-electron chi connectivity index (χ0n) is 25.2. The molecule has 0 amide bonds. The van der Waals surface area contributed by atoms with Crippen LogP contribution in [-0.4, -0.2) is 37.8 Å². The molecule has 0 aliphatic heterocycles. The Balaban J connectivity index is 1.44. The largest absolute Gasteiger partial charge is 0.288 e. The molecule has 0 saturated heterocycles. The van der Waals surface area contributed by atoms with Gasteiger partial charge in [0.15, 0.2) is 0 Å². The minimum Gasteiger partial charge on any atom is -0.288 e. The SMILES string of the molecule is CCCCCCCCS(=O)(=O)N(CCc1ccccc1F)C[C@H]1CCC2=CC=C(/C=N\Cc3ccc(F)cc3)C[C@@]21C. The lowest BCUT2D eigenvalue weighted by Crippen LogP contribution is -2.42. The van der Waals surface area contributed by atoms with E-state index in [1.54, 1.807) is 34.6 Å². The van der Waals surface area contributed by atoms with Gasteiger partial charge in [-0.05, 0) is 78.3 Å². The second-order valence-corrected chi connectivity index (χ2v) is 14.2. The van der Waals surface area contributed by atoms with Crippen molar-refractivity contribution in [2.75, 3.05) is 18.8 Å². The van der Waals surface area contributed by atoms with Gasteiger partial charge in [0, 0.05) is 19.3 Å². The molecule has 0 heterocycles. The minimum atomic E-state index is -3.49. The topological polar surface area (TPSA) is 49.7 Å². The Morgan fingerprint density at radius 1 is 1.00 bits per heavy atom. The van der Waals surface area contributed by atoms with E-state index in [9.17, 15) is 17.2 Å². The third-order valence-electron chi connectivity index (χ3n) is 9.07. The van der Waals surface area contributed by atoms with E-state index >= 15 is 0 Å². The number of allylic oxidation sites excluding steroid dienone is 4. The number of nitrogens with zero attached hydrogens (tertiary/aromatic N) is 2. The third-order valence-corrected chi connectivity index (χ3v) is 11.0. The Morgan fingerprint density at radius 2 is 1.74 bits per heavy atom. The summed E-state index contributed by atoms with van der Waals surface area (Å²) in [7, 11) is -3.49. The van der Waals surface area contributed by atoms with Gasteiger partial charge in [-0.15, -0.1) is 0 Å². The van der Waals surface area contributed by atoms with Gasteiger partial charge in [0.2, 0.25) is 10.0 Å². The van der Waals surface area contributed by atoms with E-state index in [1.165, 1.54) is 30.2 Å². The molecule has 0 bridgehead atoms. The van der Waals surface area contributed by atoms with Gasteiger partial charge >= 0.3 is 0 Å². The van der Waals surface area contributed by atoms with Crippen LogP contribution in [0.2, 0.25) is 0 Å². The van der Waals surface area contributed by atoms with Gasteiger partial charge < -0.3 is 0 Å². The maximum Gasteiger partial charge on any atom is 0.214 e. The smallest absolute Gasteiger partial charge is 0.214 e. The summed E-state index contributed by atoms with van der Waals surface area (Å²) in [4.78, 5) is 4.61. The summed E-state index contributed by atoms with van der Waals surface area (Å²) in [6.45, 7) is 5.64. The molecule has 228 valence electrons. The average Bonchev–Trinajstić information content (AvgIpc) is 3.29. The van der Waals surface area contributed by atoms with Crippen LogP contribution in [0.5, 0.6) is 0 Å². The molecule has 42 heavy (non-hydrogen) atoms. The molecule has 1 fully saturated rings. The highest BCUT2D eigenvalue weighted by molar-refractivity contribution is 7.89. The van der Waals surface area contributed by atoms with Crippen molar-refractivity contribution in [3.63, 3.8) is 0 Å². The second kappa shape index (κ2) is 15.2. The minimum absolute atomic E-state index is 0.143. The van der Waals surface area contributed by atoms with Crippen LogP contribution in [-0.2, 0) is 23.0 Å². The van der Waals surface area contributed by atoms with E-state index in [0.717, 1.165) is 56.1 Å². The number of halogens is 2. The Bertz CT molecular complexity index is 1370. The summed E-state index contributed by atoms with van der Waals surface area (Å²) < 4.78 is 56.7. The maximum absolute atomic E-state index is 14.4. The fraction of sp³-hybridized carbons (Fsp3) is 0.514.